The summed E-state index contributed by atoms with van der Waals surface area (Å²) >= 11 is -0.175. The highest BCUT2D eigenvalue weighted by Gasteiger charge is 2.29. The monoisotopic (exact) mass is 512 g/mol. The summed E-state index contributed by atoms with van der Waals surface area (Å²) in [5, 5.41) is 12.2. The molecule has 2 N–H and O–H groups in total. The molecule has 0 bridgehead atoms. The van der Waals surface area contributed by atoms with Crippen molar-refractivity contribution in [1.29, 1.82) is 0 Å². The summed E-state index contributed by atoms with van der Waals surface area (Å²) in [6.07, 6.45) is 2.68. The number of aromatic hydroxyl groups is 1. The molecule has 3 aromatic rings. The van der Waals surface area contributed by atoms with Crippen molar-refractivity contribution in [3.63, 3.8) is 0 Å². The molecule has 0 radical (unpaired) electrons. The van der Waals surface area contributed by atoms with E-state index < -0.39 is 27.0 Å². The maximum absolute atomic E-state index is 12.4. The number of sulfone groups is 1. The van der Waals surface area contributed by atoms with Crippen LogP contribution in [0.1, 0.15) is 15.9 Å². The SMILES string of the molecule is CS(=O)(=O)c1cc(NC(=O)c2ccc(OCCc3ccc(SC(F)(F)F)cc3)nc2)ccc1O. The molecule has 2 aromatic carbocycles. The first-order valence-electron chi connectivity index (χ1n) is 9.69. The fourth-order valence-corrected chi connectivity index (χ4v) is 4.15. The summed E-state index contributed by atoms with van der Waals surface area (Å²) in [6, 6.07) is 12.6. The Hall–Kier alpha value is -3.25. The van der Waals surface area contributed by atoms with E-state index in [4.69, 9.17) is 4.74 Å². The Bertz CT molecular complexity index is 1260. The predicted octanol–water partition coefficient (Wildman–Crippen LogP) is 4.68. The van der Waals surface area contributed by atoms with Gasteiger partial charge in [0.2, 0.25) is 5.88 Å². The number of benzene rings is 2. The van der Waals surface area contributed by atoms with Crippen LogP contribution in [-0.4, -0.2) is 42.8 Å². The van der Waals surface area contributed by atoms with E-state index in [0.717, 1.165) is 17.9 Å². The van der Waals surface area contributed by atoms with Crippen molar-refractivity contribution in [3.8, 4) is 11.6 Å². The molecule has 0 atom stereocenters. The molecule has 34 heavy (non-hydrogen) atoms. The summed E-state index contributed by atoms with van der Waals surface area (Å²) in [5.41, 5.74) is -3.16. The van der Waals surface area contributed by atoms with E-state index in [2.05, 4.69) is 10.3 Å². The average molecular weight is 513 g/mol. The Kier molecular flexibility index (Phi) is 7.72. The number of hydrogen-bond donors (Lipinski definition) is 2. The number of rotatable bonds is 8. The first kappa shape index (κ1) is 25.4. The molecular formula is C22H19F3N2O5S2. The van der Waals surface area contributed by atoms with Gasteiger partial charge in [0, 0.05) is 35.5 Å². The third kappa shape index (κ3) is 7.39. The molecule has 0 unspecified atom stereocenters. The van der Waals surface area contributed by atoms with E-state index in [1.165, 1.54) is 42.6 Å². The lowest BCUT2D eigenvalue weighted by Crippen LogP contribution is -2.13. The topological polar surface area (TPSA) is 106 Å². The van der Waals surface area contributed by atoms with Gasteiger partial charge >= 0.3 is 5.51 Å². The van der Waals surface area contributed by atoms with Crippen LogP contribution in [-0.2, 0) is 16.3 Å². The van der Waals surface area contributed by atoms with E-state index >= 15 is 0 Å². The molecule has 0 aliphatic carbocycles. The number of thioether (sulfide) groups is 1. The molecule has 0 aliphatic rings. The maximum Gasteiger partial charge on any atom is 0.446 e. The predicted molar refractivity (Wildman–Crippen MR) is 121 cm³/mol. The molecule has 0 saturated heterocycles. The van der Waals surface area contributed by atoms with E-state index in [1.54, 1.807) is 12.1 Å². The number of alkyl halides is 3. The Labute approximate surface area is 197 Å². The fourth-order valence-electron chi connectivity index (χ4n) is 2.82. The molecule has 0 fully saturated rings. The van der Waals surface area contributed by atoms with Gasteiger partial charge in [-0.2, -0.15) is 13.2 Å². The van der Waals surface area contributed by atoms with Gasteiger partial charge in [0.1, 0.15) is 10.6 Å². The molecule has 12 heteroatoms. The number of hydrogen-bond acceptors (Lipinski definition) is 7. The summed E-state index contributed by atoms with van der Waals surface area (Å²) in [4.78, 5) is 16.3. The number of nitrogens with zero attached hydrogens (tertiary/aromatic N) is 1. The maximum atomic E-state index is 12.4. The Balaban J connectivity index is 1.53. The molecule has 0 aliphatic heterocycles. The van der Waals surface area contributed by atoms with Gasteiger partial charge in [-0.05, 0) is 53.7 Å². The summed E-state index contributed by atoms with van der Waals surface area (Å²) in [7, 11) is -3.68. The van der Waals surface area contributed by atoms with Crippen LogP contribution in [0.4, 0.5) is 18.9 Å². The minimum atomic E-state index is -4.33. The Morgan fingerprint density at radius 3 is 2.41 bits per heavy atom. The van der Waals surface area contributed by atoms with E-state index in [9.17, 15) is 31.5 Å². The highest BCUT2D eigenvalue weighted by molar-refractivity contribution is 8.00. The first-order valence-corrected chi connectivity index (χ1v) is 12.4. The van der Waals surface area contributed by atoms with Crippen LogP contribution in [0.3, 0.4) is 0 Å². The molecule has 1 amide bonds. The number of phenols is 1. The van der Waals surface area contributed by atoms with Gasteiger partial charge in [0.15, 0.2) is 9.84 Å². The molecular weight excluding hydrogens is 493 g/mol. The third-order valence-electron chi connectivity index (χ3n) is 4.41. The van der Waals surface area contributed by atoms with Crippen LogP contribution >= 0.6 is 11.8 Å². The first-order chi connectivity index (χ1) is 15.9. The molecule has 1 aromatic heterocycles. The van der Waals surface area contributed by atoms with Crippen molar-refractivity contribution in [2.75, 3.05) is 18.2 Å². The minimum Gasteiger partial charge on any atom is -0.507 e. The lowest BCUT2D eigenvalue weighted by Gasteiger charge is -2.09. The van der Waals surface area contributed by atoms with Crippen LogP contribution < -0.4 is 10.1 Å². The van der Waals surface area contributed by atoms with Crippen molar-refractivity contribution in [2.24, 2.45) is 0 Å². The van der Waals surface area contributed by atoms with Crippen molar-refractivity contribution < 1.29 is 36.2 Å². The van der Waals surface area contributed by atoms with Gasteiger partial charge in [-0.25, -0.2) is 13.4 Å². The number of anilines is 1. The quantitative estimate of drug-likeness (QED) is 0.334. The van der Waals surface area contributed by atoms with E-state index in [-0.39, 0.29) is 45.3 Å². The standard InChI is InChI=1S/C22H19F3N2O5S2/c1-34(30,31)19-12-16(5-8-18(19)28)27-21(29)15-4-9-20(26-13-15)32-11-10-14-2-6-17(7-3-14)33-22(23,24)25/h2-9,12-13,28H,10-11H2,1H3,(H,27,29). The molecule has 180 valence electrons. The van der Waals surface area contributed by atoms with Gasteiger partial charge in [-0.1, -0.05) is 12.1 Å². The normalized spacial score (nSPS) is 11.8. The Morgan fingerprint density at radius 1 is 1.12 bits per heavy atom. The zero-order chi connectivity index (χ0) is 24.9. The Morgan fingerprint density at radius 2 is 1.82 bits per heavy atom. The van der Waals surface area contributed by atoms with Crippen molar-refractivity contribution >= 4 is 33.2 Å². The van der Waals surface area contributed by atoms with Crippen LogP contribution in [0.15, 0.2) is 70.6 Å². The minimum absolute atomic E-state index is 0.104. The van der Waals surface area contributed by atoms with Gasteiger partial charge in [-0.3, -0.25) is 4.79 Å². The molecule has 7 nitrogen and oxygen atoms in total. The third-order valence-corrected chi connectivity index (χ3v) is 6.28. The van der Waals surface area contributed by atoms with Crippen molar-refractivity contribution in [3.05, 3.63) is 71.9 Å². The number of halogens is 3. The second kappa shape index (κ2) is 10.3. The number of phenolic OH excluding ortho intramolecular Hbond substituents is 1. The number of carbonyl (C=O) groups excluding carboxylic acids is 1. The highest BCUT2D eigenvalue weighted by Crippen LogP contribution is 2.36. The van der Waals surface area contributed by atoms with Crippen molar-refractivity contribution in [2.45, 2.75) is 21.7 Å². The molecule has 0 spiro atoms. The highest BCUT2D eigenvalue weighted by atomic mass is 32.2. The summed E-state index contributed by atoms with van der Waals surface area (Å²) < 4.78 is 66.0. The largest absolute Gasteiger partial charge is 0.507 e. The number of aromatic nitrogens is 1. The fraction of sp³-hybridized carbons (Fsp3) is 0.182. The number of carbonyl (C=O) groups is 1. The smallest absolute Gasteiger partial charge is 0.446 e. The van der Waals surface area contributed by atoms with E-state index in [0.29, 0.717) is 6.42 Å². The lowest BCUT2D eigenvalue weighted by atomic mass is 10.2. The van der Waals surface area contributed by atoms with Crippen LogP contribution in [0.5, 0.6) is 11.6 Å². The lowest BCUT2D eigenvalue weighted by molar-refractivity contribution is -0.0328. The average Bonchev–Trinajstić information content (AvgIpc) is 2.75. The van der Waals surface area contributed by atoms with Gasteiger partial charge in [0.05, 0.1) is 12.2 Å². The van der Waals surface area contributed by atoms with Gasteiger partial charge in [0.25, 0.3) is 5.91 Å². The number of amides is 1. The zero-order valence-corrected chi connectivity index (χ0v) is 19.3. The van der Waals surface area contributed by atoms with E-state index in [1.807, 2.05) is 0 Å². The second-order valence-corrected chi connectivity index (χ2v) is 10.2. The van der Waals surface area contributed by atoms with Gasteiger partial charge < -0.3 is 15.2 Å². The number of ether oxygens (including phenoxy) is 1. The molecule has 3 rings (SSSR count). The number of pyridine rings is 1. The zero-order valence-electron chi connectivity index (χ0n) is 17.7. The van der Waals surface area contributed by atoms with Crippen LogP contribution in [0, 0.1) is 0 Å². The van der Waals surface area contributed by atoms with Crippen molar-refractivity contribution in [1.82, 2.24) is 4.98 Å². The second-order valence-electron chi connectivity index (χ2n) is 7.08. The number of nitrogens with one attached hydrogen (secondary N) is 1. The molecule has 1 heterocycles. The summed E-state index contributed by atoms with van der Waals surface area (Å²) in [5.74, 6) is -0.703. The van der Waals surface area contributed by atoms with Gasteiger partial charge in [-0.15, -0.1) is 0 Å². The molecule has 0 saturated carbocycles. The van der Waals surface area contributed by atoms with Crippen LogP contribution in [0.2, 0.25) is 0 Å². The van der Waals surface area contributed by atoms with Crippen LogP contribution in [0.25, 0.3) is 0 Å². The summed E-state index contributed by atoms with van der Waals surface area (Å²) in [6.45, 7) is 0.228.